The Labute approximate surface area is 188 Å². The van der Waals surface area contributed by atoms with Gasteiger partial charge in [-0.25, -0.2) is 18.0 Å². The van der Waals surface area contributed by atoms with Crippen LogP contribution in [0.4, 0.5) is 13.2 Å². The van der Waals surface area contributed by atoms with Gasteiger partial charge in [-0.05, 0) is 74.8 Å². The summed E-state index contributed by atoms with van der Waals surface area (Å²) in [6.07, 6.45) is -4.29. The van der Waals surface area contributed by atoms with Crippen LogP contribution in [0.15, 0.2) is 72.8 Å². The highest BCUT2D eigenvalue weighted by Gasteiger charge is 2.20. The van der Waals surface area contributed by atoms with Gasteiger partial charge in [-0.1, -0.05) is 55.5 Å². The maximum absolute atomic E-state index is 13.4. The largest absolute Gasteiger partial charge is 0.478 e. The van der Waals surface area contributed by atoms with Gasteiger partial charge >= 0.3 is 5.97 Å². The number of benzene rings is 4. The van der Waals surface area contributed by atoms with Crippen molar-refractivity contribution in [3.05, 3.63) is 95.3 Å². The second kappa shape index (κ2) is 9.08. The summed E-state index contributed by atoms with van der Waals surface area (Å²) in [5.74, 6) is -1.41. The minimum atomic E-state index is -2.90. The lowest BCUT2D eigenvalue weighted by Gasteiger charge is -2.16. The second-order valence-electron chi connectivity index (χ2n) is 7.78. The van der Waals surface area contributed by atoms with E-state index in [0.29, 0.717) is 23.1 Å². The molecule has 33 heavy (non-hydrogen) atoms. The molecule has 6 heteroatoms. The summed E-state index contributed by atoms with van der Waals surface area (Å²) in [6.45, 7) is 1.88. The van der Waals surface area contributed by atoms with E-state index in [9.17, 15) is 28.2 Å². The summed E-state index contributed by atoms with van der Waals surface area (Å²) in [5, 5.41) is 21.1. The van der Waals surface area contributed by atoms with E-state index in [-0.39, 0.29) is 16.9 Å². The van der Waals surface area contributed by atoms with E-state index >= 15 is 0 Å². The van der Waals surface area contributed by atoms with Gasteiger partial charge in [-0.2, -0.15) is 0 Å². The van der Waals surface area contributed by atoms with Gasteiger partial charge in [-0.15, -0.1) is 0 Å². The number of aromatic carboxylic acids is 1. The maximum atomic E-state index is 13.4. The molecule has 0 radical (unpaired) electrons. The van der Waals surface area contributed by atoms with Crippen LogP contribution in [-0.4, -0.2) is 22.6 Å². The van der Waals surface area contributed by atoms with Crippen LogP contribution in [0.25, 0.3) is 33.0 Å². The summed E-state index contributed by atoms with van der Waals surface area (Å²) in [4.78, 5) is 12.1. The number of aliphatic hydroxyl groups excluding tert-OH is 1. The predicted molar refractivity (Wildman–Crippen MR) is 122 cm³/mol. The molecule has 168 valence electrons. The molecular formula is C27H21F3O3. The highest BCUT2D eigenvalue weighted by atomic mass is 19.3. The van der Waals surface area contributed by atoms with Gasteiger partial charge in [0.25, 0.3) is 6.43 Å². The van der Waals surface area contributed by atoms with Crippen LogP contribution in [0.3, 0.4) is 0 Å². The first-order valence-corrected chi connectivity index (χ1v) is 10.5. The Bertz CT molecular complexity index is 1310. The Hall–Kier alpha value is -3.64. The molecule has 0 heterocycles. The lowest BCUT2D eigenvalue weighted by atomic mass is 9.88. The molecule has 0 unspecified atom stereocenters. The number of carbonyl (C=O) groups is 1. The molecule has 0 aliphatic rings. The van der Waals surface area contributed by atoms with Crippen molar-refractivity contribution < 1.29 is 28.2 Å². The third kappa shape index (κ3) is 4.34. The van der Waals surface area contributed by atoms with Crippen LogP contribution in [0.2, 0.25) is 0 Å². The molecule has 3 nitrogen and oxygen atoms in total. The zero-order valence-corrected chi connectivity index (χ0v) is 17.7. The Morgan fingerprint density at radius 2 is 1.45 bits per heavy atom. The van der Waals surface area contributed by atoms with Gasteiger partial charge in [0, 0.05) is 0 Å². The van der Waals surface area contributed by atoms with Crippen LogP contribution in [0.1, 0.15) is 34.5 Å². The summed E-state index contributed by atoms with van der Waals surface area (Å²) < 4.78 is 39.0. The van der Waals surface area contributed by atoms with E-state index in [0.717, 1.165) is 21.9 Å². The van der Waals surface area contributed by atoms with Crippen molar-refractivity contribution in [3.63, 3.8) is 0 Å². The van der Waals surface area contributed by atoms with E-state index in [2.05, 4.69) is 0 Å². The zero-order valence-electron chi connectivity index (χ0n) is 17.7. The fourth-order valence-electron chi connectivity index (χ4n) is 4.12. The van der Waals surface area contributed by atoms with Crippen LogP contribution < -0.4 is 0 Å². The second-order valence-corrected chi connectivity index (χ2v) is 7.78. The van der Waals surface area contributed by atoms with Crippen LogP contribution >= 0.6 is 0 Å². The first-order valence-electron chi connectivity index (χ1n) is 10.5. The molecule has 0 amide bonds. The fourth-order valence-corrected chi connectivity index (χ4v) is 4.12. The molecule has 0 saturated heterocycles. The maximum Gasteiger partial charge on any atom is 0.336 e. The lowest BCUT2D eigenvalue weighted by molar-refractivity contribution is -0.00577. The summed E-state index contributed by atoms with van der Waals surface area (Å²) in [7, 11) is 0. The minimum absolute atomic E-state index is 0.0836. The third-order valence-electron chi connectivity index (χ3n) is 5.81. The number of aliphatic hydroxyl groups is 1. The van der Waals surface area contributed by atoms with Crippen molar-refractivity contribution in [3.8, 4) is 22.3 Å². The van der Waals surface area contributed by atoms with E-state index in [1.165, 1.54) is 24.3 Å². The molecule has 0 saturated carbocycles. The lowest BCUT2D eigenvalue weighted by Crippen LogP contribution is -2.07. The van der Waals surface area contributed by atoms with Gasteiger partial charge in [-0.3, -0.25) is 0 Å². The average molecular weight is 450 g/mol. The quantitative estimate of drug-likeness (QED) is 0.337. The number of carboxylic acids is 1. The first-order chi connectivity index (χ1) is 15.8. The highest BCUT2D eigenvalue weighted by Crippen LogP contribution is 2.37. The minimum Gasteiger partial charge on any atom is -0.478 e. The van der Waals surface area contributed by atoms with E-state index < -0.39 is 18.5 Å². The molecule has 0 aliphatic heterocycles. The van der Waals surface area contributed by atoms with Crippen LogP contribution in [-0.2, 0) is 6.42 Å². The summed E-state index contributed by atoms with van der Waals surface area (Å²) >= 11 is 0. The molecule has 0 aliphatic carbocycles. The average Bonchev–Trinajstić information content (AvgIpc) is 2.82. The summed E-state index contributed by atoms with van der Waals surface area (Å²) in [5.41, 5.74) is 3.82. The molecule has 2 N–H and O–H groups in total. The van der Waals surface area contributed by atoms with Crippen LogP contribution in [0, 0.1) is 5.82 Å². The Morgan fingerprint density at radius 1 is 0.848 bits per heavy atom. The van der Waals surface area contributed by atoms with Crippen molar-refractivity contribution in [2.24, 2.45) is 0 Å². The molecule has 1 atom stereocenters. The molecular weight excluding hydrogens is 429 g/mol. The Balaban J connectivity index is 1.93. The Kier molecular flexibility index (Phi) is 6.20. The summed E-state index contributed by atoms with van der Waals surface area (Å²) in [6, 6.07) is 19.4. The number of aryl methyl sites for hydroxylation is 1. The standard InChI is InChI=1S/C27H21F3O3/c1-2-20-23-13-18(15-7-10-19(28)11-8-15)9-12-21(23)22(14-24(20)27(32)33)16-3-5-17(6-4-16)25(31)26(29)30/h3-14,25-26,31H,2H2,1H3,(H,32,33)/t25-/m1/s1. The monoisotopic (exact) mass is 450 g/mol. The number of alkyl halides is 2. The molecule has 4 rings (SSSR count). The van der Waals surface area contributed by atoms with Gasteiger partial charge in [0.15, 0.2) is 0 Å². The third-order valence-corrected chi connectivity index (χ3v) is 5.81. The van der Waals surface area contributed by atoms with Crippen molar-refractivity contribution in [1.29, 1.82) is 0 Å². The normalized spacial score (nSPS) is 12.3. The van der Waals surface area contributed by atoms with Crippen molar-refractivity contribution in [2.45, 2.75) is 25.9 Å². The van der Waals surface area contributed by atoms with Crippen molar-refractivity contribution in [2.75, 3.05) is 0 Å². The number of hydrogen-bond acceptors (Lipinski definition) is 2. The van der Waals surface area contributed by atoms with Crippen LogP contribution in [0.5, 0.6) is 0 Å². The van der Waals surface area contributed by atoms with Crippen molar-refractivity contribution in [1.82, 2.24) is 0 Å². The molecule has 0 spiro atoms. The number of fused-ring (bicyclic) bond motifs is 1. The predicted octanol–water partition coefficient (Wildman–Crippen LogP) is 6.87. The zero-order chi connectivity index (χ0) is 23.7. The molecule has 0 fully saturated rings. The topological polar surface area (TPSA) is 57.5 Å². The van der Waals surface area contributed by atoms with Gasteiger partial charge in [0.05, 0.1) is 5.56 Å². The van der Waals surface area contributed by atoms with Gasteiger partial charge < -0.3 is 10.2 Å². The molecule has 4 aromatic rings. The molecule has 0 aromatic heterocycles. The van der Waals surface area contributed by atoms with E-state index in [1.54, 1.807) is 30.3 Å². The first kappa shape index (κ1) is 22.6. The van der Waals surface area contributed by atoms with Crippen molar-refractivity contribution >= 4 is 16.7 Å². The van der Waals surface area contributed by atoms with Gasteiger partial charge in [0.1, 0.15) is 11.9 Å². The Morgan fingerprint density at radius 3 is 2.03 bits per heavy atom. The molecule has 0 bridgehead atoms. The smallest absolute Gasteiger partial charge is 0.336 e. The number of hydrogen-bond donors (Lipinski definition) is 2. The van der Waals surface area contributed by atoms with Gasteiger partial charge in [0.2, 0.25) is 0 Å². The molecule has 4 aromatic carbocycles. The number of halogens is 3. The number of rotatable bonds is 6. The highest BCUT2D eigenvalue weighted by molar-refractivity contribution is 6.06. The fraction of sp³-hybridized carbons (Fsp3) is 0.148. The SMILES string of the molecule is CCc1c(C(=O)O)cc(-c2ccc([C@@H](O)C(F)F)cc2)c2ccc(-c3ccc(F)cc3)cc12. The van der Waals surface area contributed by atoms with E-state index in [4.69, 9.17) is 0 Å². The number of carboxylic acid groups (broad SMARTS) is 1. The van der Waals surface area contributed by atoms with E-state index in [1.807, 2.05) is 25.1 Å².